The summed E-state index contributed by atoms with van der Waals surface area (Å²) in [5.41, 5.74) is 7.11. The first-order chi connectivity index (χ1) is 16.5. The molecule has 0 unspecified atom stereocenters. The van der Waals surface area contributed by atoms with Crippen molar-refractivity contribution in [3.63, 3.8) is 0 Å². The van der Waals surface area contributed by atoms with Gasteiger partial charge in [-0.1, -0.05) is 60.1 Å². The van der Waals surface area contributed by atoms with Crippen LogP contribution in [0.4, 0.5) is 5.82 Å². The minimum Gasteiger partial charge on any atom is -0.383 e. The lowest BCUT2D eigenvalue weighted by Gasteiger charge is -2.20. The molecule has 0 aliphatic carbocycles. The van der Waals surface area contributed by atoms with E-state index in [9.17, 15) is 9.59 Å². The van der Waals surface area contributed by atoms with Crippen LogP contribution in [0, 0.1) is 0 Å². The van der Waals surface area contributed by atoms with Crippen molar-refractivity contribution < 1.29 is 4.79 Å². The molecule has 0 bridgehead atoms. The van der Waals surface area contributed by atoms with E-state index in [0.29, 0.717) is 32.8 Å². The van der Waals surface area contributed by atoms with Crippen molar-refractivity contribution >= 4 is 45.0 Å². The maximum atomic E-state index is 13.6. The monoisotopic (exact) mass is 469 g/mol. The van der Waals surface area contributed by atoms with Crippen LogP contribution in [0.3, 0.4) is 0 Å². The number of nitrogen functional groups attached to an aromatic ring is 1. The van der Waals surface area contributed by atoms with E-state index in [1.54, 1.807) is 43.5 Å². The number of rotatable bonds is 4. The third-order valence-corrected chi connectivity index (χ3v) is 5.99. The molecule has 0 saturated heterocycles. The minimum absolute atomic E-state index is 0.127. The number of benzene rings is 3. The second-order valence-corrected chi connectivity index (χ2v) is 8.29. The summed E-state index contributed by atoms with van der Waals surface area (Å²) in [5, 5.41) is 5.08. The zero-order chi connectivity index (χ0) is 23.8. The lowest BCUT2D eigenvalue weighted by Crippen LogP contribution is -2.33. The fraction of sp³-hybridized carbons (Fsp3) is 0.0769. The number of halogens is 1. The molecule has 0 saturated carbocycles. The number of fused-ring (bicyclic) bond motifs is 2. The number of hydrogen-bond donors (Lipinski definition) is 2. The number of pyridine rings is 1. The maximum absolute atomic E-state index is 13.6. The molecular formula is C26H20ClN5O2. The van der Waals surface area contributed by atoms with Gasteiger partial charge < -0.3 is 11.1 Å². The summed E-state index contributed by atoms with van der Waals surface area (Å²) in [6.07, 6.45) is 1.63. The van der Waals surface area contributed by atoms with Crippen LogP contribution in [-0.4, -0.2) is 20.4 Å². The maximum Gasteiger partial charge on any atom is 0.267 e. The second kappa shape index (κ2) is 8.61. The van der Waals surface area contributed by atoms with Gasteiger partial charge in [0.15, 0.2) is 0 Å². The second-order valence-electron chi connectivity index (χ2n) is 7.88. The van der Waals surface area contributed by atoms with Gasteiger partial charge in [-0.05, 0) is 36.6 Å². The van der Waals surface area contributed by atoms with E-state index in [4.69, 9.17) is 22.3 Å². The lowest BCUT2D eigenvalue weighted by molar-refractivity contribution is 0.0940. The molecule has 0 fully saturated rings. The highest BCUT2D eigenvalue weighted by Gasteiger charge is 2.23. The Labute approximate surface area is 199 Å². The molecule has 3 aromatic carbocycles. The average molecular weight is 470 g/mol. The largest absolute Gasteiger partial charge is 0.383 e. The van der Waals surface area contributed by atoms with Crippen LogP contribution in [-0.2, 0) is 0 Å². The van der Waals surface area contributed by atoms with Crippen LogP contribution in [0.15, 0.2) is 83.8 Å². The van der Waals surface area contributed by atoms with E-state index in [0.717, 1.165) is 5.39 Å². The molecule has 0 radical (unpaired) electrons. The van der Waals surface area contributed by atoms with Crippen molar-refractivity contribution in [1.29, 1.82) is 0 Å². The summed E-state index contributed by atoms with van der Waals surface area (Å²) in [7, 11) is 0. The molecule has 0 aliphatic rings. The first kappa shape index (κ1) is 21.6. The number of amides is 1. The highest BCUT2D eigenvalue weighted by atomic mass is 35.5. The molecule has 5 aromatic rings. The van der Waals surface area contributed by atoms with E-state index in [2.05, 4.69) is 10.3 Å². The number of para-hydroxylation sites is 1. The molecule has 2 aromatic heterocycles. The molecule has 7 nitrogen and oxygen atoms in total. The lowest BCUT2D eigenvalue weighted by atomic mass is 10.1. The fourth-order valence-corrected chi connectivity index (χ4v) is 4.33. The number of carbonyl (C=O) groups is 1. The molecule has 1 atom stereocenters. The Balaban J connectivity index is 1.65. The van der Waals surface area contributed by atoms with Crippen molar-refractivity contribution in [2.45, 2.75) is 13.0 Å². The number of aromatic nitrogens is 3. The number of anilines is 1. The van der Waals surface area contributed by atoms with Crippen LogP contribution in [0.5, 0.6) is 0 Å². The third-order valence-electron chi connectivity index (χ3n) is 5.68. The van der Waals surface area contributed by atoms with Crippen LogP contribution < -0.4 is 16.6 Å². The van der Waals surface area contributed by atoms with Crippen molar-refractivity contribution in [1.82, 2.24) is 19.9 Å². The smallest absolute Gasteiger partial charge is 0.267 e. The Morgan fingerprint density at radius 1 is 1.03 bits per heavy atom. The Kier molecular flexibility index (Phi) is 5.47. The Morgan fingerprint density at radius 3 is 2.56 bits per heavy atom. The fourth-order valence-electron chi connectivity index (χ4n) is 4.07. The molecule has 168 valence electrons. The molecule has 34 heavy (non-hydrogen) atoms. The molecule has 2 heterocycles. The Morgan fingerprint density at radius 2 is 1.76 bits per heavy atom. The predicted molar refractivity (Wildman–Crippen MR) is 134 cm³/mol. The summed E-state index contributed by atoms with van der Waals surface area (Å²) in [5.74, 6) is 0.0857. The van der Waals surface area contributed by atoms with Crippen LogP contribution in [0.2, 0.25) is 5.02 Å². The predicted octanol–water partition coefficient (Wildman–Crippen LogP) is 4.66. The van der Waals surface area contributed by atoms with Gasteiger partial charge in [-0.3, -0.25) is 14.2 Å². The van der Waals surface area contributed by atoms with Gasteiger partial charge in [0, 0.05) is 11.6 Å². The number of carbonyl (C=O) groups excluding carboxylic acids is 1. The topological polar surface area (TPSA) is 103 Å². The normalized spacial score (nSPS) is 12.1. The standard InChI is InChI=1S/C26H20ClN5O2/c1-15(30-25(33)21-18-11-6-5-8-16(18)14-29-23(21)28)24-31-20-13-7-12-19(27)22(20)26(34)32(24)17-9-3-2-4-10-17/h2-15H,1H3,(H2,28,29)(H,30,33)/t15-/m0/s1. The van der Waals surface area contributed by atoms with Gasteiger partial charge in [-0.2, -0.15) is 0 Å². The zero-order valence-electron chi connectivity index (χ0n) is 18.2. The number of hydrogen-bond acceptors (Lipinski definition) is 5. The third kappa shape index (κ3) is 3.66. The summed E-state index contributed by atoms with van der Waals surface area (Å²) in [4.78, 5) is 35.8. The van der Waals surface area contributed by atoms with Crippen LogP contribution >= 0.6 is 11.6 Å². The number of nitrogens with one attached hydrogen (secondary N) is 1. The van der Waals surface area contributed by atoms with Crippen molar-refractivity contribution in [2.75, 3.05) is 5.73 Å². The summed E-state index contributed by atoms with van der Waals surface area (Å²) < 4.78 is 1.48. The quantitative estimate of drug-likeness (QED) is 0.398. The SMILES string of the molecule is C[C@H](NC(=O)c1c(N)ncc2ccccc12)c1nc2cccc(Cl)c2c(=O)n1-c1ccccc1. The van der Waals surface area contributed by atoms with Gasteiger partial charge in [0.05, 0.1) is 33.2 Å². The van der Waals surface area contributed by atoms with Gasteiger partial charge in [0.25, 0.3) is 11.5 Å². The highest BCUT2D eigenvalue weighted by molar-refractivity contribution is 6.35. The van der Waals surface area contributed by atoms with Crippen molar-refractivity contribution in [2.24, 2.45) is 0 Å². The first-order valence-electron chi connectivity index (χ1n) is 10.7. The van der Waals surface area contributed by atoms with E-state index in [1.165, 1.54) is 4.57 Å². The molecule has 8 heteroatoms. The van der Waals surface area contributed by atoms with E-state index < -0.39 is 11.9 Å². The van der Waals surface area contributed by atoms with Gasteiger partial charge in [-0.15, -0.1) is 0 Å². The van der Waals surface area contributed by atoms with Gasteiger partial charge in [0.2, 0.25) is 0 Å². The molecular weight excluding hydrogens is 450 g/mol. The van der Waals surface area contributed by atoms with Crippen LogP contribution in [0.25, 0.3) is 27.4 Å². The summed E-state index contributed by atoms with van der Waals surface area (Å²) in [6, 6.07) is 21.0. The Hall–Kier alpha value is -4.23. The van der Waals surface area contributed by atoms with E-state index >= 15 is 0 Å². The molecule has 1 amide bonds. The first-order valence-corrected chi connectivity index (χ1v) is 11.0. The molecule has 0 spiro atoms. The van der Waals surface area contributed by atoms with Gasteiger partial charge in [0.1, 0.15) is 11.6 Å². The van der Waals surface area contributed by atoms with Crippen molar-refractivity contribution in [3.05, 3.63) is 106 Å². The highest BCUT2D eigenvalue weighted by Crippen LogP contribution is 2.25. The zero-order valence-corrected chi connectivity index (χ0v) is 19.0. The van der Waals surface area contributed by atoms with E-state index in [-0.39, 0.29) is 16.9 Å². The average Bonchev–Trinajstić information content (AvgIpc) is 2.84. The van der Waals surface area contributed by atoms with Gasteiger partial charge in [-0.25, -0.2) is 9.97 Å². The van der Waals surface area contributed by atoms with E-state index in [1.807, 2.05) is 42.5 Å². The number of nitrogens with two attached hydrogens (primary N) is 1. The minimum atomic E-state index is -0.637. The number of nitrogens with zero attached hydrogens (tertiary/aromatic N) is 3. The van der Waals surface area contributed by atoms with Gasteiger partial charge >= 0.3 is 0 Å². The summed E-state index contributed by atoms with van der Waals surface area (Å²) in [6.45, 7) is 1.77. The summed E-state index contributed by atoms with van der Waals surface area (Å²) >= 11 is 6.35. The molecule has 3 N–H and O–H groups in total. The molecule has 0 aliphatic heterocycles. The molecule has 5 rings (SSSR count). The Bertz CT molecular complexity index is 1620. The van der Waals surface area contributed by atoms with Crippen molar-refractivity contribution in [3.8, 4) is 5.69 Å². The van der Waals surface area contributed by atoms with Crippen LogP contribution in [0.1, 0.15) is 29.1 Å².